The van der Waals surface area contributed by atoms with Gasteiger partial charge in [0.2, 0.25) is 0 Å². The molecule has 2 heterocycles. The maximum absolute atomic E-state index is 12.7. The van der Waals surface area contributed by atoms with Crippen molar-refractivity contribution in [2.45, 2.75) is 31.8 Å². The molecule has 0 spiro atoms. The molecular formula is C32H35N5O2S. The van der Waals surface area contributed by atoms with Crippen LogP contribution >= 0.6 is 11.3 Å². The van der Waals surface area contributed by atoms with Gasteiger partial charge in [0.15, 0.2) is 6.04 Å². The van der Waals surface area contributed by atoms with E-state index in [1.807, 2.05) is 78.3 Å². The number of methoxy groups -OCH3 is 1. The van der Waals surface area contributed by atoms with Crippen LogP contribution in [0.4, 0.5) is 5.69 Å². The largest absolute Gasteiger partial charge is 0.467 e. The lowest BCUT2D eigenvalue weighted by Crippen LogP contribution is -2.28. The standard InChI is InChI=1S/C32H35N5O2S/c1-23(35-29(32(38)39-4)25-13-7-5-8-14-25)28-21-40-31(30(28)34-22-37-17-11-6-12-18-37)24(2)36(3)20-27-16-10-9-15-26(27)19-33/h5,7-10,13-16,21-22,29,35H,1-2,6,11-12,17-18,20H2,3-4H3/b34-22+. The number of nitrogens with zero attached hydrogens (tertiary/aromatic N) is 4. The Balaban J connectivity index is 1.65. The Hall–Kier alpha value is -4.35. The summed E-state index contributed by atoms with van der Waals surface area (Å²) in [6, 6.07) is 18.6. The molecule has 1 N–H and O–H groups in total. The third-order valence-corrected chi connectivity index (χ3v) is 8.01. The van der Waals surface area contributed by atoms with E-state index in [0.29, 0.717) is 17.8 Å². The Morgan fingerprint density at radius 1 is 1.18 bits per heavy atom. The minimum absolute atomic E-state index is 0.401. The number of hydrogen-bond acceptors (Lipinski definition) is 7. The molecule has 3 aromatic rings. The Morgan fingerprint density at radius 2 is 1.88 bits per heavy atom. The predicted molar refractivity (Wildman–Crippen MR) is 163 cm³/mol. The quantitative estimate of drug-likeness (QED) is 0.169. The van der Waals surface area contributed by atoms with Crippen LogP contribution in [0, 0.1) is 11.3 Å². The van der Waals surface area contributed by atoms with Crippen LogP contribution in [0.25, 0.3) is 11.4 Å². The van der Waals surface area contributed by atoms with Gasteiger partial charge in [0, 0.05) is 49.0 Å². The highest BCUT2D eigenvalue weighted by Crippen LogP contribution is 2.40. The molecule has 8 heteroatoms. The number of hydrogen-bond donors (Lipinski definition) is 1. The predicted octanol–water partition coefficient (Wildman–Crippen LogP) is 6.34. The molecule has 1 aliphatic heterocycles. The molecule has 1 fully saturated rings. The van der Waals surface area contributed by atoms with E-state index < -0.39 is 12.0 Å². The number of nitrogens with one attached hydrogen (secondary N) is 1. The SMILES string of the molecule is C=C(NC(C(=O)OC)c1ccccc1)c1csc(C(=C)N(C)Cc2ccccc2C#N)c1/N=C/N1CCCCC1. The fraction of sp³-hybridized carbons (Fsp3) is 0.281. The van der Waals surface area contributed by atoms with Gasteiger partial charge in [-0.2, -0.15) is 5.26 Å². The maximum atomic E-state index is 12.7. The van der Waals surface area contributed by atoms with E-state index in [-0.39, 0.29) is 0 Å². The number of esters is 1. The number of nitriles is 1. The molecule has 1 unspecified atom stereocenters. The fourth-order valence-electron chi connectivity index (χ4n) is 4.66. The molecule has 40 heavy (non-hydrogen) atoms. The molecule has 4 rings (SSSR count). The topological polar surface area (TPSA) is 81.0 Å². The van der Waals surface area contributed by atoms with E-state index in [9.17, 15) is 10.1 Å². The summed E-state index contributed by atoms with van der Waals surface area (Å²) in [4.78, 5) is 22.8. The molecule has 7 nitrogen and oxygen atoms in total. The van der Waals surface area contributed by atoms with Gasteiger partial charge >= 0.3 is 5.97 Å². The minimum atomic E-state index is -0.714. The van der Waals surface area contributed by atoms with Crippen molar-refractivity contribution in [1.29, 1.82) is 5.26 Å². The molecule has 0 amide bonds. The average Bonchev–Trinajstić information content (AvgIpc) is 3.43. The van der Waals surface area contributed by atoms with Gasteiger partial charge in [0.1, 0.15) is 0 Å². The highest BCUT2D eigenvalue weighted by Gasteiger charge is 2.25. The normalized spacial score (nSPS) is 13.9. The molecule has 0 radical (unpaired) electrons. The number of carbonyl (C=O) groups is 1. The van der Waals surface area contributed by atoms with Crippen molar-refractivity contribution in [2.75, 3.05) is 27.2 Å². The van der Waals surface area contributed by atoms with Crippen LogP contribution in [0.1, 0.15) is 52.4 Å². The van der Waals surface area contributed by atoms with E-state index >= 15 is 0 Å². The van der Waals surface area contributed by atoms with Gasteiger partial charge in [-0.1, -0.05) is 61.7 Å². The molecule has 1 aliphatic rings. The molecule has 0 aliphatic carbocycles. The minimum Gasteiger partial charge on any atom is -0.467 e. The summed E-state index contributed by atoms with van der Waals surface area (Å²) >= 11 is 1.53. The van der Waals surface area contributed by atoms with Crippen LogP contribution in [0.2, 0.25) is 0 Å². The number of thiophene rings is 1. The van der Waals surface area contributed by atoms with Crippen LogP contribution in [-0.4, -0.2) is 49.4 Å². The number of benzene rings is 2. The number of aliphatic imine (C=N–C) groups is 1. The fourth-order valence-corrected chi connectivity index (χ4v) is 5.71. The van der Waals surface area contributed by atoms with Crippen LogP contribution in [0.15, 0.2) is 78.1 Å². The van der Waals surface area contributed by atoms with Crippen molar-refractivity contribution < 1.29 is 9.53 Å². The van der Waals surface area contributed by atoms with Crippen molar-refractivity contribution in [3.05, 3.63) is 100 Å². The lowest BCUT2D eigenvalue weighted by Gasteiger charge is -2.25. The first-order valence-electron chi connectivity index (χ1n) is 13.3. The van der Waals surface area contributed by atoms with E-state index in [4.69, 9.17) is 9.73 Å². The molecule has 1 atom stereocenters. The second-order valence-corrected chi connectivity index (χ2v) is 10.6. The van der Waals surface area contributed by atoms with Gasteiger partial charge in [0.25, 0.3) is 0 Å². The van der Waals surface area contributed by atoms with E-state index in [1.54, 1.807) is 0 Å². The van der Waals surface area contributed by atoms with Crippen molar-refractivity contribution in [2.24, 2.45) is 4.99 Å². The number of carbonyl (C=O) groups excluding carboxylic acids is 1. The summed E-state index contributed by atoms with van der Waals surface area (Å²) in [6.07, 6.45) is 5.44. The molecular weight excluding hydrogens is 518 g/mol. The zero-order valence-corrected chi connectivity index (χ0v) is 23.9. The number of rotatable bonds is 11. The number of ether oxygens (including phenoxy) is 1. The average molecular weight is 554 g/mol. The summed E-state index contributed by atoms with van der Waals surface area (Å²) in [5, 5.41) is 14.8. The zero-order chi connectivity index (χ0) is 28.5. The van der Waals surface area contributed by atoms with Gasteiger partial charge < -0.3 is 19.9 Å². The summed E-state index contributed by atoms with van der Waals surface area (Å²) in [5.74, 6) is -0.401. The molecule has 206 valence electrons. The van der Waals surface area contributed by atoms with Gasteiger partial charge in [-0.3, -0.25) is 0 Å². The highest BCUT2D eigenvalue weighted by molar-refractivity contribution is 7.12. The molecule has 2 aromatic carbocycles. The Labute approximate surface area is 240 Å². The Bertz CT molecular complexity index is 1420. The lowest BCUT2D eigenvalue weighted by atomic mass is 10.1. The summed E-state index contributed by atoms with van der Waals surface area (Å²) in [5.41, 5.74) is 5.25. The van der Waals surface area contributed by atoms with Gasteiger partial charge in [-0.05, 0) is 36.5 Å². The van der Waals surface area contributed by atoms with Gasteiger partial charge in [-0.25, -0.2) is 9.79 Å². The zero-order valence-electron chi connectivity index (χ0n) is 23.1. The van der Waals surface area contributed by atoms with Crippen LogP contribution < -0.4 is 5.32 Å². The van der Waals surface area contributed by atoms with Crippen molar-refractivity contribution >= 4 is 40.7 Å². The first-order valence-corrected chi connectivity index (χ1v) is 14.2. The Morgan fingerprint density at radius 3 is 2.58 bits per heavy atom. The summed E-state index contributed by atoms with van der Waals surface area (Å²) < 4.78 is 5.09. The van der Waals surface area contributed by atoms with Crippen LogP contribution in [-0.2, 0) is 16.1 Å². The summed E-state index contributed by atoms with van der Waals surface area (Å²) in [7, 11) is 3.34. The molecule has 0 bridgehead atoms. The van der Waals surface area contributed by atoms with Crippen molar-refractivity contribution in [3.63, 3.8) is 0 Å². The number of likely N-dealkylation sites (tertiary alicyclic amines) is 1. The van der Waals surface area contributed by atoms with Gasteiger partial charge in [0.05, 0.1) is 35.6 Å². The van der Waals surface area contributed by atoms with Crippen LogP contribution in [0.3, 0.4) is 0 Å². The molecule has 0 saturated carbocycles. The first kappa shape index (κ1) is 28.7. The maximum Gasteiger partial charge on any atom is 0.332 e. The summed E-state index contributed by atoms with van der Waals surface area (Å²) in [6.45, 7) is 11.2. The van der Waals surface area contributed by atoms with Crippen molar-refractivity contribution in [3.8, 4) is 6.07 Å². The smallest absolute Gasteiger partial charge is 0.332 e. The van der Waals surface area contributed by atoms with E-state index in [1.165, 1.54) is 24.9 Å². The van der Waals surface area contributed by atoms with Gasteiger partial charge in [-0.15, -0.1) is 11.3 Å². The van der Waals surface area contributed by atoms with E-state index in [2.05, 4.69) is 29.4 Å². The lowest BCUT2D eigenvalue weighted by molar-refractivity contribution is -0.142. The van der Waals surface area contributed by atoms with Crippen LogP contribution in [0.5, 0.6) is 0 Å². The second kappa shape index (κ2) is 13.6. The van der Waals surface area contributed by atoms with Crippen molar-refractivity contribution in [1.82, 2.24) is 15.1 Å². The third-order valence-electron chi connectivity index (χ3n) is 6.99. The monoisotopic (exact) mass is 553 g/mol. The molecule has 1 saturated heterocycles. The van der Waals surface area contributed by atoms with E-state index in [0.717, 1.165) is 58.9 Å². The second-order valence-electron chi connectivity index (χ2n) is 9.73. The molecule has 1 aromatic heterocycles. The third kappa shape index (κ3) is 6.80. The highest BCUT2D eigenvalue weighted by atomic mass is 32.1. The first-order chi connectivity index (χ1) is 19.4. The number of piperidine rings is 1. The Kier molecular flexibility index (Phi) is 9.76.